The third-order valence-corrected chi connectivity index (χ3v) is 5.36. The van der Waals surface area contributed by atoms with Crippen LogP contribution in [-0.2, 0) is 19.1 Å². The Labute approximate surface area is 184 Å². The molecule has 0 aromatic heterocycles. The highest BCUT2D eigenvalue weighted by atomic mass is 16.6. The molecule has 0 bridgehead atoms. The van der Waals surface area contributed by atoms with E-state index in [1.54, 1.807) is 17.9 Å². The lowest BCUT2D eigenvalue weighted by molar-refractivity contribution is -0.138. The van der Waals surface area contributed by atoms with Crippen LogP contribution < -0.4 is 5.32 Å². The number of rotatable bonds is 5. The Kier molecular flexibility index (Phi) is 7.46. The number of allylic oxidation sites excluding steroid dienone is 1. The van der Waals surface area contributed by atoms with E-state index in [0.29, 0.717) is 25.2 Å². The van der Waals surface area contributed by atoms with Crippen LogP contribution >= 0.6 is 0 Å². The molecule has 2 heterocycles. The number of carbonyl (C=O) groups excluding carboxylic acids is 4. The molecule has 8 heteroatoms. The van der Waals surface area contributed by atoms with E-state index in [1.807, 2.05) is 33.8 Å². The van der Waals surface area contributed by atoms with Gasteiger partial charge in [0, 0.05) is 38.0 Å². The van der Waals surface area contributed by atoms with Gasteiger partial charge in [-0.15, -0.1) is 0 Å². The second-order valence-electron chi connectivity index (χ2n) is 9.11. The first-order valence-corrected chi connectivity index (χ1v) is 10.5. The summed E-state index contributed by atoms with van der Waals surface area (Å²) in [6.45, 7) is 15.5. The van der Waals surface area contributed by atoms with Gasteiger partial charge in [-0.1, -0.05) is 12.7 Å². The largest absolute Gasteiger partial charge is 0.444 e. The minimum absolute atomic E-state index is 0.0469. The highest BCUT2D eigenvalue weighted by Gasteiger charge is 2.35. The highest BCUT2D eigenvalue weighted by molar-refractivity contribution is 6.04. The summed E-state index contributed by atoms with van der Waals surface area (Å²) in [7, 11) is 0. The summed E-state index contributed by atoms with van der Waals surface area (Å²) < 4.78 is 5.45. The van der Waals surface area contributed by atoms with E-state index in [1.165, 1.54) is 11.8 Å². The van der Waals surface area contributed by atoms with E-state index in [0.717, 1.165) is 17.6 Å². The molecule has 0 aliphatic carbocycles. The van der Waals surface area contributed by atoms with Crippen LogP contribution in [0.3, 0.4) is 0 Å². The number of hydrogen-bond acceptors (Lipinski definition) is 5. The lowest BCUT2D eigenvalue weighted by Crippen LogP contribution is -2.47. The maximum absolute atomic E-state index is 13.0. The van der Waals surface area contributed by atoms with Gasteiger partial charge >= 0.3 is 6.09 Å². The van der Waals surface area contributed by atoms with Crippen molar-refractivity contribution in [3.8, 4) is 0 Å². The van der Waals surface area contributed by atoms with Crippen LogP contribution in [0.15, 0.2) is 35.5 Å². The Bertz CT molecular complexity index is 850. The van der Waals surface area contributed by atoms with Gasteiger partial charge in [-0.2, -0.15) is 0 Å². The van der Waals surface area contributed by atoms with Crippen molar-refractivity contribution in [1.82, 2.24) is 15.1 Å². The van der Waals surface area contributed by atoms with Crippen molar-refractivity contribution in [3.05, 3.63) is 35.5 Å². The molecule has 31 heavy (non-hydrogen) atoms. The Hall–Kier alpha value is -2.90. The predicted molar refractivity (Wildman–Crippen MR) is 117 cm³/mol. The van der Waals surface area contributed by atoms with E-state index in [2.05, 4.69) is 11.9 Å². The normalized spacial score (nSPS) is 20.8. The van der Waals surface area contributed by atoms with Gasteiger partial charge < -0.3 is 14.5 Å². The summed E-state index contributed by atoms with van der Waals surface area (Å²) in [6.07, 6.45) is 3.93. The number of amides is 4. The molecule has 2 aliphatic rings. The zero-order chi connectivity index (χ0) is 23.5. The number of hydrogen-bond donors (Lipinski definition) is 1. The molecule has 1 fully saturated rings. The molecule has 8 nitrogen and oxygen atoms in total. The Morgan fingerprint density at radius 3 is 2.48 bits per heavy atom. The molecule has 4 amide bonds. The van der Waals surface area contributed by atoms with Gasteiger partial charge in [-0.3, -0.25) is 19.7 Å². The zero-order valence-corrected chi connectivity index (χ0v) is 19.3. The van der Waals surface area contributed by atoms with E-state index >= 15 is 0 Å². The first-order valence-electron chi connectivity index (χ1n) is 10.5. The third kappa shape index (κ3) is 6.06. The molecule has 2 aliphatic heterocycles. The SMILES string of the molecule is C=C/C(=C\C1=C(C)CN(C(C)C(=O)NC(C)=O)C1=O)C1CCN(C(=O)OC(C)(C)C)C1. The van der Waals surface area contributed by atoms with E-state index in [-0.39, 0.29) is 17.9 Å². The van der Waals surface area contributed by atoms with Gasteiger partial charge in [0.1, 0.15) is 11.6 Å². The number of ether oxygens (including phenoxy) is 1. The Morgan fingerprint density at radius 1 is 1.29 bits per heavy atom. The average Bonchev–Trinajstić information content (AvgIpc) is 3.23. The molecular formula is C23H33N3O5. The minimum Gasteiger partial charge on any atom is -0.444 e. The number of likely N-dealkylation sites (tertiary alicyclic amines) is 1. The summed E-state index contributed by atoms with van der Waals surface area (Å²) in [6, 6.07) is -0.765. The van der Waals surface area contributed by atoms with Gasteiger partial charge in [0.05, 0.1) is 0 Å². The van der Waals surface area contributed by atoms with Crippen LogP contribution in [0, 0.1) is 5.92 Å². The Balaban J connectivity index is 2.12. The second kappa shape index (κ2) is 9.49. The molecule has 2 unspecified atom stereocenters. The van der Waals surface area contributed by atoms with Crippen molar-refractivity contribution in [2.24, 2.45) is 5.92 Å². The van der Waals surface area contributed by atoms with Crippen molar-refractivity contribution >= 4 is 23.8 Å². The molecular weight excluding hydrogens is 398 g/mol. The number of imide groups is 1. The van der Waals surface area contributed by atoms with Gasteiger partial charge in [0.15, 0.2) is 0 Å². The molecule has 1 saturated heterocycles. The number of carbonyl (C=O) groups is 4. The first-order chi connectivity index (χ1) is 14.3. The van der Waals surface area contributed by atoms with Crippen LogP contribution in [0.5, 0.6) is 0 Å². The van der Waals surface area contributed by atoms with Crippen LogP contribution in [0.25, 0.3) is 0 Å². The summed E-state index contributed by atoms with van der Waals surface area (Å²) in [5.41, 5.74) is 1.68. The fourth-order valence-electron chi connectivity index (χ4n) is 3.70. The minimum atomic E-state index is -0.765. The van der Waals surface area contributed by atoms with Gasteiger partial charge in [0.2, 0.25) is 11.8 Å². The monoisotopic (exact) mass is 431 g/mol. The van der Waals surface area contributed by atoms with Crippen LogP contribution in [0.1, 0.15) is 48.0 Å². The topological polar surface area (TPSA) is 96.0 Å². The molecule has 2 atom stereocenters. The Morgan fingerprint density at radius 2 is 1.94 bits per heavy atom. The summed E-state index contributed by atoms with van der Waals surface area (Å²) in [5, 5.41) is 2.23. The van der Waals surface area contributed by atoms with Crippen LogP contribution in [-0.4, -0.2) is 64.9 Å². The van der Waals surface area contributed by atoms with Gasteiger partial charge in [0.25, 0.3) is 5.91 Å². The van der Waals surface area contributed by atoms with Gasteiger partial charge in [-0.05, 0) is 58.3 Å². The lowest BCUT2D eigenvalue weighted by Gasteiger charge is -2.24. The van der Waals surface area contributed by atoms with Crippen molar-refractivity contribution in [2.75, 3.05) is 19.6 Å². The fraction of sp³-hybridized carbons (Fsp3) is 0.565. The number of nitrogens with one attached hydrogen (secondary N) is 1. The molecule has 0 aromatic rings. The van der Waals surface area contributed by atoms with E-state index < -0.39 is 23.5 Å². The first kappa shape index (κ1) is 24.4. The van der Waals surface area contributed by atoms with Gasteiger partial charge in [-0.25, -0.2) is 4.79 Å². The quantitative estimate of drug-likeness (QED) is 0.675. The molecule has 2 rings (SSSR count). The predicted octanol–water partition coefficient (Wildman–Crippen LogP) is 2.57. The number of nitrogens with zero attached hydrogens (tertiary/aromatic N) is 2. The summed E-state index contributed by atoms with van der Waals surface area (Å²) in [5.74, 6) is -1.18. The molecule has 0 aromatic carbocycles. The third-order valence-electron chi connectivity index (χ3n) is 5.36. The molecule has 0 radical (unpaired) electrons. The summed E-state index contributed by atoms with van der Waals surface area (Å²) in [4.78, 5) is 51.8. The zero-order valence-electron chi connectivity index (χ0n) is 19.3. The molecule has 0 saturated carbocycles. The van der Waals surface area contributed by atoms with E-state index in [4.69, 9.17) is 4.74 Å². The maximum atomic E-state index is 13.0. The van der Waals surface area contributed by atoms with Crippen molar-refractivity contribution in [1.29, 1.82) is 0 Å². The molecule has 1 N–H and O–H groups in total. The lowest BCUT2D eigenvalue weighted by atomic mass is 9.95. The molecule has 170 valence electrons. The summed E-state index contributed by atoms with van der Waals surface area (Å²) >= 11 is 0. The molecule has 0 spiro atoms. The standard InChI is InChI=1S/C23H33N3O5/c1-8-17(18-9-10-25(13-18)22(30)31-23(5,6)7)11-19-14(2)12-26(21(19)29)15(3)20(28)24-16(4)27/h8,11,15,18H,1,9-10,12-13H2,2-7H3,(H,24,27,28)/b17-11+. The van der Waals surface area contributed by atoms with Crippen LogP contribution in [0.2, 0.25) is 0 Å². The van der Waals surface area contributed by atoms with Crippen LogP contribution in [0.4, 0.5) is 4.79 Å². The van der Waals surface area contributed by atoms with Crippen molar-refractivity contribution in [2.45, 2.75) is 59.6 Å². The fourth-order valence-corrected chi connectivity index (χ4v) is 3.70. The highest BCUT2D eigenvalue weighted by Crippen LogP contribution is 2.30. The maximum Gasteiger partial charge on any atom is 0.410 e. The van der Waals surface area contributed by atoms with Crippen molar-refractivity contribution in [3.63, 3.8) is 0 Å². The smallest absolute Gasteiger partial charge is 0.410 e. The second-order valence-corrected chi connectivity index (χ2v) is 9.11. The van der Waals surface area contributed by atoms with E-state index in [9.17, 15) is 19.2 Å². The van der Waals surface area contributed by atoms with Crippen molar-refractivity contribution < 1.29 is 23.9 Å². The average molecular weight is 432 g/mol.